The van der Waals surface area contributed by atoms with E-state index in [1.54, 1.807) is 25.0 Å². The second-order valence-electron chi connectivity index (χ2n) is 37.2. The summed E-state index contributed by atoms with van der Waals surface area (Å²) in [6.45, 7) is 54.9. The molecule has 0 unspecified atom stereocenters. The van der Waals surface area contributed by atoms with Gasteiger partial charge in [-0.3, -0.25) is 4.79 Å². The number of rotatable bonds is 21. The number of aryl methyl sites for hydroxylation is 10. The highest BCUT2D eigenvalue weighted by atomic mass is 35.5. The van der Waals surface area contributed by atoms with Crippen LogP contribution in [0.15, 0.2) is 322 Å². The second kappa shape index (κ2) is 67.8. The van der Waals surface area contributed by atoms with Gasteiger partial charge in [0, 0.05) is 38.0 Å². The summed E-state index contributed by atoms with van der Waals surface area (Å²) in [4.78, 5) is 11.9. The van der Waals surface area contributed by atoms with Crippen LogP contribution in [0.3, 0.4) is 0 Å². The molecule has 3 saturated carbocycles. The lowest BCUT2D eigenvalue weighted by atomic mass is 9.57. The summed E-state index contributed by atoms with van der Waals surface area (Å²) in [5, 5.41) is -0.370. The molecule has 0 aromatic heterocycles. The van der Waals surface area contributed by atoms with Gasteiger partial charge in [0.15, 0.2) is 0 Å². The van der Waals surface area contributed by atoms with Crippen molar-refractivity contribution in [1.82, 2.24) is 0 Å². The molecule has 3 fully saturated rings. The first-order valence-corrected chi connectivity index (χ1v) is 49.5. The van der Waals surface area contributed by atoms with E-state index in [4.69, 9.17) is 23.2 Å². The number of fused-ring (bicyclic) bond motifs is 2. The van der Waals surface area contributed by atoms with E-state index in [0.717, 1.165) is 54.4 Å². The summed E-state index contributed by atoms with van der Waals surface area (Å²) < 4.78 is 12.8. The number of carbonyl (C=O) groups excluding carboxylic acids is 1. The molecule has 2 radical (unpaired) electrons. The molecule has 0 N–H and O–H groups in total. The third-order valence-corrected chi connectivity index (χ3v) is 25.1. The number of allylic oxidation sites excluding steroid dienone is 1. The van der Waals surface area contributed by atoms with Crippen molar-refractivity contribution in [3.05, 3.63) is 428 Å². The topological polar surface area (TPSA) is 20.3 Å². The number of nitrogens with zero attached hydrogens (tertiary/aromatic N) is 1. The van der Waals surface area contributed by atoms with E-state index in [0.29, 0.717) is 22.6 Å². The maximum Gasteiger partial charge on any atom is 0.222 e. The van der Waals surface area contributed by atoms with E-state index in [9.17, 15) is 9.18 Å². The minimum absolute atomic E-state index is 0.129. The fourth-order valence-electron chi connectivity index (χ4n) is 15.9. The van der Waals surface area contributed by atoms with Gasteiger partial charge in [-0.05, 0) is 286 Å². The van der Waals surface area contributed by atoms with Crippen LogP contribution in [0.2, 0.25) is 0 Å². The van der Waals surface area contributed by atoms with Crippen LogP contribution in [-0.4, -0.2) is 32.5 Å². The van der Waals surface area contributed by atoms with Crippen LogP contribution in [0.25, 0.3) is 5.57 Å². The average molecular weight is 1820 g/mol. The Morgan fingerprint density at radius 2 is 0.748 bits per heavy atom. The summed E-state index contributed by atoms with van der Waals surface area (Å²) in [6.07, 6.45) is 17.1. The molecule has 3 aliphatic rings. The summed E-state index contributed by atoms with van der Waals surface area (Å²) >= 11 is 14.1. The number of hydrogen-bond donors (Lipinski definition) is 0. The van der Waals surface area contributed by atoms with Crippen LogP contribution in [0.4, 0.5) is 10.1 Å². The van der Waals surface area contributed by atoms with Gasteiger partial charge >= 0.3 is 0 Å². The summed E-state index contributed by atoms with van der Waals surface area (Å²) in [6, 6.07) is 109. The molecular formula is C124H166BCl3FNO. The minimum atomic E-state index is -0.370. The Kier molecular flexibility index (Phi) is 61.0. The lowest BCUT2D eigenvalue weighted by Crippen LogP contribution is -2.39. The molecule has 0 saturated heterocycles. The first-order chi connectivity index (χ1) is 62.5. The molecule has 12 aromatic carbocycles. The van der Waals surface area contributed by atoms with Gasteiger partial charge in [0.1, 0.15) is 5.82 Å². The average Bonchev–Trinajstić information content (AvgIpc) is 0.793. The first-order valence-electron chi connectivity index (χ1n) is 48.2. The zero-order valence-electron chi connectivity index (χ0n) is 85.3. The third-order valence-electron chi connectivity index (χ3n) is 24.7. The minimum Gasteiger partial charge on any atom is -0.378 e. The van der Waals surface area contributed by atoms with Crippen molar-refractivity contribution in [1.29, 1.82) is 0 Å². The van der Waals surface area contributed by atoms with Gasteiger partial charge in [-0.25, -0.2) is 15.9 Å². The van der Waals surface area contributed by atoms with E-state index >= 15 is 0 Å². The number of hydrogen-bond acceptors (Lipinski definition) is 2. The van der Waals surface area contributed by atoms with Crippen LogP contribution in [-0.2, 0) is 15.6 Å². The van der Waals surface area contributed by atoms with Gasteiger partial charge < -0.3 is 4.90 Å². The molecule has 704 valence electrons. The normalized spacial score (nSPS) is 13.8. The van der Waals surface area contributed by atoms with Crippen LogP contribution >= 0.6 is 34.7 Å². The van der Waals surface area contributed by atoms with Gasteiger partial charge in [0.25, 0.3) is 0 Å². The predicted molar refractivity (Wildman–Crippen MR) is 583 cm³/mol. The van der Waals surface area contributed by atoms with Crippen LogP contribution in [0, 0.1) is 98.7 Å². The quantitative estimate of drug-likeness (QED) is 0.0309. The number of halogens is 4. The maximum absolute atomic E-state index is 12.8. The first kappa shape index (κ1) is 118. The predicted octanol–water partition coefficient (Wildman–Crippen LogP) is 37.5. The third kappa shape index (κ3) is 49.3. The molecule has 0 amide bonds. The highest BCUT2D eigenvalue weighted by Gasteiger charge is 2.41. The van der Waals surface area contributed by atoms with Crippen LogP contribution in [0.1, 0.15) is 298 Å². The molecule has 2 nitrogen and oxygen atoms in total. The summed E-state index contributed by atoms with van der Waals surface area (Å²) in [5.41, 5.74) is 27.5. The molecule has 0 heterocycles. The molecule has 15 rings (SSSR count). The zero-order valence-corrected chi connectivity index (χ0v) is 87.6. The monoisotopic (exact) mass is 1820 g/mol. The zero-order chi connectivity index (χ0) is 97.7. The van der Waals surface area contributed by atoms with Crippen molar-refractivity contribution in [2.75, 3.05) is 24.9 Å². The van der Waals surface area contributed by atoms with Gasteiger partial charge in [0.05, 0.1) is 0 Å². The number of alkyl halides is 1. The molecule has 0 spiro atoms. The Labute approximate surface area is 815 Å². The molecule has 3 aliphatic carbocycles. The van der Waals surface area contributed by atoms with E-state index in [1.807, 2.05) is 6.07 Å². The molecule has 0 aliphatic heterocycles. The fourth-order valence-corrected chi connectivity index (χ4v) is 16.3. The van der Waals surface area contributed by atoms with Crippen molar-refractivity contribution in [2.24, 2.45) is 23.7 Å². The Morgan fingerprint density at radius 1 is 0.405 bits per heavy atom. The number of benzene rings is 12. The van der Waals surface area contributed by atoms with E-state index in [-0.39, 0.29) is 23.4 Å². The SMILES string of the molecule is C=C(CCC)c1cccc(C)c1.CCCC(C)(C)c1cccc(C)c1.CCCC(C)(C)c1ccccc1.CCC[C@@H](C)c1cccc(F)c1.CCC[C@@H](C)c1ccccc1.CN(C)c1ccc(C(c2ccccc2)c2ccccc2)cc1.C[C@H]1CC2CC(C2)[C@@H]1C.Cc1cccc(C)c1.Cc1ccccc1C.Cc1ccccc1C.Cc1ccccc1C.O=C(Cl)CCCl.[B]Cl. The number of carbonyl (C=O) groups is 1. The van der Waals surface area contributed by atoms with Crippen LogP contribution < -0.4 is 4.90 Å². The van der Waals surface area contributed by atoms with Gasteiger partial charge in [-0.1, -0.05) is 442 Å². The Balaban J connectivity index is 0.000000490. The summed E-state index contributed by atoms with van der Waals surface area (Å²) in [7, 11) is 8.11. The molecule has 7 heteroatoms. The lowest BCUT2D eigenvalue weighted by molar-refractivity contribution is -0.111. The number of anilines is 1. The summed E-state index contributed by atoms with van der Waals surface area (Å²) in [5.74, 6) is 6.00. The lowest BCUT2D eigenvalue weighted by Gasteiger charge is -2.49. The highest BCUT2D eigenvalue weighted by Crippen LogP contribution is 2.51. The van der Waals surface area contributed by atoms with Gasteiger partial charge in [0.2, 0.25) is 12.5 Å². The Hall–Kier alpha value is -9.29. The molecule has 2 bridgehead atoms. The maximum atomic E-state index is 12.8. The smallest absolute Gasteiger partial charge is 0.222 e. The molecule has 4 atom stereocenters. The van der Waals surface area contributed by atoms with Gasteiger partial charge in [-0.15, -0.1) is 11.6 Å². The second-order valence-corrected chi connectivity index (χ2v) is 38.0. The Morgan fingerprint density at radius 3 is 1.07 bits per heavy atom. The van der Waals surface area contributed by atoms with Crippen molar-refractivity contribution in [3.63, 3.8) is 0 Å². The Bertz CT molecular complexity index is 4710. The van der Waals surface area contributed by atoms with Crippen LogP contribution in [0.5, 0.6) is 0 Å². The van der Waals surface area contributed by atoms with E-state index in [1.165, 1.54) is 163 Å². The van der Waals surface area contributed by atoms with Crippen molar-refractivity contribution < 1.29 is 9.18 Å². The highest BCUT2D eigenvalue weighted by molar-refractivity contribution is 6.80. The molecule has 12 aromatic rings. The van der Waals surface area contributed by atoms with E-state index < -0.39 is 0 Å². The van der Waals surface area contributed by atoms with E-state index in [2.05, 4.69) is 495 Å². The van der Waals surface area contributed by atoms with Crippen molar-refractivity contribution >= 4 is 58.4 Å². The standard InChI is InChI=1S/C21H21N.C13H20.C12H18.C12H16.C11H15F.C11H16.C9H16.4C8H10.C3H4Cl2O.BCl/c1-22(2)20-15-13-19(14-16-20)21(17-9-5-3-6-10-17)18-11-7-4-8-12-18;1-5-9-13(3,4)12-8-6-7-11(2)10-12;1-4-10-12(2,3)11-8-6-5-7-9-11;1-4-6-11(3)12-8-5-7-10(2)9-12;1-3-5-9(2)10-6-4-7-11(12)8-10;1-3-7-10(2)11-8-5-4-6-9-11;1-6-3-8-4-9(5-8)7(6)2;1-7-4-3-5-8(2)6-7;3*1-7-5-3-4-6-8(7)2;4-2-1-3(5)6;1-2/h3-16,21H,1-2H3;6-8,10H,5,9H2,1-4H3;5-9H,4,10H2,1-3H3;5,7-9H,3-4,6H2,1-2H3;4,6-9H,3,5H2,1-2H3;4-6,8-10H,3,7H2,1-2H3;6-9H,3-5H2,1-2H3;4*3-6H,1-2H3;1-2H2;/t;;;;9-;10-;6-,7+,8?,9?;;;;;;/m....110....../s1. The van der Waals surface area contributed by atoms with Crippen molar-refractivity contribution in [2.45, 2.75) is 278 Å². The van der Waals surface area contributed by atoms with Gasteiger partial charge in [-0.2, -0.15) is 0 Å². The molecular weight excluding hydrogens is 1660 g/mol. The molecule has 131 heavy (non-hydrogen) atoms. The van der Waals surface area contributed by atoms with Crippen molar-refractivity contribution in [3.8, 4) is 0 Å². The fraction of sp³-hybridized carbons (Fsp3) is 0.395. The largest absolute Gasteiger partial charge is 0.378 e.